The van der Waals surface area contributed by atoms with Crippen LogP contribution in [0.15, 0.2) is 18.2 Å². The zero-order chi connectivity index (χ0) is 14.7. The van der Waals surface area contributed by atoms with E-state index in [4.69, 9.17) is 4.74 Å². The summed E-state index contributed by atoms with van der Waals surface area (Å²) in [6, 6.07) is 6.10. The van der Waals surface area contributed by atoms with E-state index in [1.54, 1.807) is 9.80 Å². The van der Waals surface area contributed by atoms with Gasteiger partial charge in [-0.1, -0.05) is 6.07 Å². The third-order valence-electron chi connectivity index (χ3n) is 4.25. The molecule has 21 heavy (non-hydrogen) atoms. The molecule has 1 aromatic carbocycles. The molecule has 0 saturated carbocycles. The normalized spacial score (nSPS) is 17.5. The Morgan fingerprint density at radius 3 is 2.67 bits per heavy atom. The van der Waals surface area contributed by atoms with Gasteiger partial charge in [-0.25, -0.2) is 0 Å². The van der Waals surface area contributed by atoms with Crippen molar-refractivity contribution >= 4 is 12.3 Å². The van der Waals surface area contributed by atoms with Crippen LogP contribution >= 0.6 is 0 Å². The standard InChI is InChI=1S/C16H20N2O3/c19-12-17-6-8-18(9-7-17)16(20)11-21-15-5-4-13-2-1-3-14(13)10-15/h4-5,10,12H,1-3,6-9,11H2. The monoisotopic (exact) mass is 288 g/mol. The summed E-state index contributed by atoms with van der Waals surface area (Å²) in [5.41, 5.74) is 2.75. The Balaban J connectivity index is 1.51. The SMILES string of the molecule is O=CN1CCN(C(=O)COc2ccc3c(c2)CCC3)CC1. The zero-order valence-corrected chi connectivity index (χ0v) is 12.1. The minimum atomic E-state index is -0.0129. The molecule has 1 aliphatic carbocycles. The number of fused-ring (bicyclic) bond motifs is 1. The van der Waals surface area contributed by atoms with Crippen molar-refractivity contribution in [3.63, 3.8) is 0 Å². The molecule has 0 aromatic heterocycles. The van der Waals surface area contributed by atoms with E-state index in [1.165, 1.54) is 17.5 Å². The number of aryl methyl sites for hydroxylation is 2. The van der Waals surface area contributed by atoms with Crippen molar-refractivity contribution in [1.82, 2.24) is 9.80 Å². The van der Waals surface area contributed by atoms with Gasteiger partial charge in [-0.05, 0) is 42.5 Å². The van der Waals surface area contributed by atoms with E-state index < -0.39 is 0 Å². The molecular formula is C16H20N2O3. The van der Waals surface area contributed by atoms with Crippen LogP contribution in [0.5, 0.6) is 5.75 Å². The first-order valence-electron chi connectivity index (χ1n) is 7.48. The first kappa shape index (κ1) is 13.9. The Morgan fingerprint density at radius 1 is 1.14 bits per heavy atom. The van der Waals surface area contributed by atoms with Crippen molar-refractivity contribution < 1.29 is 14.3 Å². The number of hydrogen-bond donors (Lipinski definition) is 0. The number of amides is 2. The lowest BCUT2D eigenvalue weighted by atomic mass is 10.1. The number of piperazine rings is 1. The van der Waals surface area contributed by atoms with E-state index >= 15 is 0 Å². The molecular weight excluding hydrogens is 268 g/mol. The third kappa shape index (κ3) is 3.17. The summed E-state index contributed by atoms with van der Waals surface area (Å²) in [5, 5.41) is 0. The number of carbonyl (C=O) groups is 2. The summed E-state index contributed by atoms with van der Waals surface area (Å²) in [6.07, 6.45) is 4.30. The number of ether oxygens (including phenoxy) is 1. The fourth-order valence-corrected chi connectivity index (χ4v) is 2.95. The van der Waals surface area contributed by atoms with Gasteiger partial charge in [0.05, 0.1) is 0 Å². The van der Waals surface area contributed by atoms with Crippen LogP contribution in [0.4, 0.5) is 0 Å². The summed E-state index contributed by atoms with van der Waals surface area (Å²) < 4.78 is 5.63. The molecule has 0 radical (unpaired) electrons. The van der Waals surface area contributed by atoms with Crippen molar-refractivity contribution in [2.75, 3.05) is 32.8 Å². The minimum Gasteiger partial charge on any atom is -0.484 e. The van der Waals surface area contributed by atoms with Gasteiger partial charge in [0.1, 0.15) is 5.75 Å². The predicted molar refractivity (Wildman–Crippen MR) is 78.2 cm³/mol. The topological polar surface area (TPSA) is 49.9 Å². The highest BCUT2D eigenvalue weighted by atomic mass is 16.5. The average Bonchev–Trinajstić information content (AvgIpc) is 3.00. The Hall–Kier alpha value is -2.04. The van der Waals surface area contributed by atoms with E-state index in [0.717, 1.165) is 25.0 Å². The first-order chi connectivity index (χ1) is 10.3. The van der Waals surface area contributed by atoms with Crippen molar-refractivity contribution in [2.45, 2.75) is 19.3 Å². The number of benzene rings is 1. The van der Waals surface area contributed by atoms with Crippen molar-refractivity contribution in [2.24, 2.45) is 0 Å². The lowest BCUT2D eigenvalue weighted by Gasteiger charge is -2.32. The molecule has 2 aliphatic rings. The Morgan fingerprint density at radius 2 is 1.90 bits per heavy atom. The van der Waals surface area contributed by atoms with Gasteiger partial charge >= 0.3 is 0 Å². The van der Waals surface area contributed by atoms with Gasteiger partial charge in [0.25, 0.3) is 5.91 Å². The Bertz CT molecular complexity index is 536. The highest BCUT2D eigenvalue weighted by Gasteiger charge is 2.20. The van der Waals surface area contributed by atoms with Crippen LogP contribution in [-0.2, 0) is 22.4 Å². The molecule has 3 rings (SSSR count). The van der Waals surface area contributed by atoms with Crippen molar-refractivity contribution in [1.29, 1.82) is 0 Å². The maximum Gasteiger partial charge on any atom is 0.260 e. The third-order valence-corrected chi connectivity index (χ3v) is 4.25. The van der Waals surface area contributed by atoms with E-state index in [0.29, 0.717) is 26.2 Å². The summed E-state index contributed by atoms with van der Waals surface area (Å²) in [4.78, 5) is 26.2. The van der Waals surface area contributed by atoms with Gasteiger partial charge in [-0.15, -0.1) is 0 Å². The smallest absolute Gasteiger partial charge is 0.260 e. The maximum absolute atomic E-state index is 12.1. The molecule has 112 valence electrons. The molecule has 1 aromatic rings. The Labute approximate surface area is 124 Å². The van der Waals surface area contributed by atoms with Gasteiger partial charge in [-0.2, -0.15) is 0 Å². The molecule has 5 heteroatoms. The second kappa shape index (κ2) is 6.16. The largest absolute Gasteiger partial charge is 0.484 e. The summed E-state index contributed by atoms with van der Waals surface area (Å²) in [7, 11) is 0. The molecule has 0 bridgehead atoms. The number of nitrogens with zero attached hydrogens (tertiary/aromatic N) is 2. The number of carbonyl (C=O) groups excluding carboxylic acids is 2. The van der Waals surface area contributed by atoms with Crippen molar-refractivity contribution in [3.05, 3.63) is 29.3 Å². The first-order valence-corrected chi connectivity index (χ1v) is 7.48. The highest BCUT2D eigenvalue weighted by Crippen LogP contribution is 2.26. The van der Waals surface area contributed by atoms with Crippen LogP contribution < -0.4 is 4.74 Å². The molecule has 5 nitrogen and oxygen atoms in total. The second-order valence-corrected chi connectivity index (χ2v) is 5.59. The van der Waals surface area contributed by atoms with Gasteiger partial charge < -0.3 is 14.5 Å². The average molecular weight is 288 g/mol. The Kier molecular flexibility index (Phi) is 4.08. The summed E-state index contributed by atoms with van der Waals surface area (Å²) >= 11 is 0. The summed E-state index contributed by atoms with van der Waals surface area (Å²) in [6.45, 7) is 2.46. The van der Waals surface area contributed by atoms with Crippen LogP contribution in [0.1, 0.15) is 17.5 Å². The van der Waals surface area contributed by atoms with E-state index in [9.17, 15) is 9.59 Å². The van der Waals surface area contributed by atoms with Gasteiger partial charge in [0, 0.05) is 26.2 Å². The van der Waals surface area contributed by atoms with Gasteiger partial charge in [0.15, 0.2) is 6.61 Å². The van der Waals surface area contributed by atoms with Crippen molar-refractivity contribution in [3.8, 4) is 5.75 Å². The number of rotatable bonds is 4. The second-order valence-electron chi connectivity index (χ2n) is 5.59. The molecule has 1 saturated heterocycles. The molecule has 1 heterocycles. The molecule has 1 aliphatic heterocycles. The quantitative estimate of drug-likeness (QED) is 0.772. The van der Waals surface area contributed by atoms with Crippen LogP contribution in [0.3, 0.4) is 0 Å². The molecule has 0 spiro atoms. The summed E-state index contributed by atoms with van der Waals surface area (Å²) in [5.74, 6) is 0.761. The van der Waals surface area contributed by atoms with E-state index in [1.807, 2.05) is 6.07 Å². The molecule has 0 unspecified atom stereocenters. The van der Waals surface area contributed by atoms with Crippen LogP contribution in [0.25, 0.3) is 0 Å². The molecule has 0 atom stereocenters. The van der Waals surface area contributed by atoms with E-state index in [2.05, 4.69) is 12.1 Å². The lowest BCUT2D eigenvalue weighted by Crippen LogP contribution is -2.49. The zero-order valence-electron chi connectivity index (χ0n) is 12.1. The lowest BCUT2D eigenvalue weighted by molar-refractivity contribution is -0.137. The number of hydrogen-bond acceptors (Lipinski definition) is 3. The van der Waals surface area contributed by atoms with E-state index in [-0.39, 0.29) is 12.5 Å². The predicted octanol–water partition coefficient (Wildman–Crippen LogP) is 0.855. The molecule has 2 amide bonds. The fraction of sp³-hybridized carbons (Fsp3) is 0.500. The van der Waals surface area contributed by atoms with Gasteiger partial charge in [0.2, 0.25) is 6.41 Å². The fourth-order valence-electron chi connectivity index (χ4n) is 2.95. The van der Waals surface area contributed by atoms with Crippen LogP contribution in [-0.4, -0.2) is 54.9 Å². The highest BCUT2D eigenvalue weighted by molar-refractivity contribution is 5.78. The minimum absolute atomic E-state index is 0.0129. The van der Waals surface area contributed by atoms with Crippen LogP contribution in [0, 0.1) is 0 Å². The maximum atomic E-state index is 12.1. The van der Waals surface area contributed by atoms with Gasteiger partial charge in [-0.3, -0.25) is 9.59 Å². The molecule has 1 fully saturated rings. The molecule has 0 N–H and O–H groups in total. The van der Waals surface area contributed by atoms with Crippen LogP contribution in [0.2, 0.25) is 0 Å².